The quantitative estimate of drug-likeness (QED) is 0.216. The third kappa shape index (κ3) is 5.35. The minimum Gasteiger partial charge on any atom is -0.867 e. The molecule has 8 heteroatoms. The maximum atomic E-state index is 9.89. The van der Waals surface area contributed by atoms with Crippen LogP contribution in [-0.4, -0.2) is 21.6 Å². The summed E-state index contributed by atoms with van der Waals surface area (Å²) in [4.78, 5) is 10.7. The number of nitrogens with zero attached hydrogens (tertiary/aromatic N) is 2. The lowest BCUT2D eigenvalue weighted by Gasteiger charge is -2.09. The third-order valence-electron chi connectivity index (χ3n) is 5.69. The van der Waals surface area contributed by atoms with Crippen LogP contribution in [0.1, 0.15) is 0 Å². The molecule has 0 aliphatic carbocycles. The summed E-state index contributed by atoms with van der Waals surface area (Å²) in [7, 11) is 0.197. The largest absolute Gasteiger partial charge is 0.867 e. The number of fused-ring (bicyclic) bond motifs is 6. The van der Waals surface area contributed by atoms with Crippen molar-refractivity contribution < 1.29 is 33.5 Å². The maximum absolute atomic E-state index is 9.89. The number of hydrogen-bond donors (Lipinski definition) is 0. The number of hydrogen-bond acceptors (Lipinski definition) is 4. The number of benzene rings is 4. The summed E-state index contributed by atoms with van der Waals surface area (Å²) in [6.45, 7) is 0. The molecule has 6 nitrogen and oxygen atoms in total. The highest BCUT2D eigenvalue weighted by molar-refractivity contribution is 6.27. The first-order valence-electron chi connectivity index (χ1n) is 11.2. The summed E-state index contributed by atoms with van der Waals surface area (Å²) in [5, 5.41) is 23.9. The van der Waals surface area contributed by atoms with Crippen LogP contribution in [0.25, 0.3) is 43.4 Å². The average Bonchev–Trinajstić information content (AvgIpc) is 2.92. The van der Waals surface area contributed by atoms with Gasteiger partial charge in [-0.15, -0.1) is 0 Å². The standard InChI is InChI=1S/2C14H12NO.BFO2/c2*1-16-15-10-11-6-2-3-7-12(11)13-8-4-5-9-14(13)15;2-1(3)4/h2*2-10H,1H3;/q2*+1;-2. The van der Waals surface area contributed by atoms with E-state index in [1.165, 1.54) is 32.3 Å². The molecular formula is C28H24BFN2O4. The second-order valence-electron chi connectivity index (χ2n) is 7.76. The van der Waals surface area contributed by atoms with Crippen molar-refractivity contribution in [3.05, 3.63) is 109 Å². The smallest absolute Gasteiger partial charge is 0.265 e. The van der Waals surface area contributed by atoms with Gasteiger partial charge in [0.25, 0.3) is 11.0 Å². The predicted molar refractivity (Wildman–Crippen MR) is 135 cm³/mol. The van der Waals surface area contributed by atoms with Crippen LogP contribution in [0.2, 0.25) is 0 Å². The molecule has 2 aromatic heterocycles. The highest BCUT2D eigenvalue weighted by Crippen LogP contribution is 2.22. The van der Waals surface area contributed by atoms with Crippen LogP contribution in [0.5, 0.6) is 0 Å². The van der Waals surface area contributed by atoms with E-state index >= 15 is 0 Å². The van der Waals surface area contributed by atoms with Crippen molar-refractivity contribution >= 4 is 50.7 Å². The molecule has 36 heavy (non-hydrogen) atoms. The molecule has 2 heterocycles. The van der Waals surface area contributed by atoms with E-state index in [-0.39, 0.29) is 0 Å². The summed E-state index contributed by atoms with van der Waals surface area (Å²) in [6, 6.07) is 33.2. The van der Waals surface area contributed by atoms with Gasteiger partial charge in [0.1, 0.15) is 21.6 Å². The van der Waals surface area contributed by atoms with E-state index in [0.717, 1.165) is 11.0 Å². The van der Waals surface area contributed by atoms with Crippen LogP contribution in [0.3, 0.4) is 0 Å². The van der Waals surface area contributed by atoms with Gasteiger partial charge in [0.15, 0.2) is 0 Å². The maximum Gasteiger partial charge on any atom is 0.265 e. The molecule has 0 unspecified atom stereocenters. The summed E-state index contributed by atoms with van der Waals surface area (Å²) < 4.78 is 13.5. The first-order chi connectivity index (χ1) is 17.5. The first kappa shape index (κ1) is 24.8. The summed E-state index contributed by atoms with van der Waals surface area (Å²) in [5.41, 5.74) is 2.17. The lowest BCUT2D eigenvalue weighted by molar-refractivity contribution is -0.864. The molecule has 6 rings (SSSR count). The molecule has 4 aromatic carbocycles. The van der Waals surface area contributed by atoms with E-state index in [4.69, 9.17) is 19.7 Å². The van der Waals surface area contributed by atoms with Gasteiger partial charge in [0.2, 0.25) is 12.4 Å². The Balaban J connectivity index is 0.000000148. The van der Waals surface area contributed by atoms with Crippen LogP contribution >= 0.6 is 0 Å². The van der Waals surface area contributed by atoms with Gasteiger partial charge in [-0.2, -0.15) is 0 Å². The highest BCUT2D eigenvalue weighted by atomic mass is 19.1. The van der Waals surface area contributed by atoms with Gasteiger partial charge in [0, 0.05) is 32.4 Å². The Hall–Kier alpha value is -4.27. The minimum absolute atomic E-state index is 1.09. The molecule has 0 fully saturated rings. The van der Waals surface area contributed by atoms with Crippen molar-refractivity contribution in [2.75, 3.05) is 14.2 Å². The Morgan fingerprint density at radius 3 is 1.22 bits per heavy atom. The molecular weight excluding hydrogens is 458 g/mol. The Labute approximate surface area is 208 Å². The van der Waals surface area contributed by atoms with E-state index in [2.05, 4.69) is 72.8 Å². The molecule has 0 bridgehead atoms. The van der Waals surface area contributed by atoms with E-state index < -0.39 is 7.40 Å². The minimum atomic E-state index is -3.17. The Morgan fingerprint density at radius 2 is 0.861 bits per heavy atom. The lowest BCUT2D eigenvalue weighted by atomic mass is 10.1. The monoisotopic (exact) mass is 482 g/mol. The summed E-state index contributed by atoms with van der Waals surface area (Å²) in [6.07, 6.45) is 4.02. The molecule has 6 aromatic rings. The zero-order chi connectivity index (χ0) is 25.5. The molecule has 0 aliphatic heterocycles. The first-order valence-corrected chi connectivity index (χ1v) is 11.2. The van der Waals surface area contributed by atoms with Gasteiger partial charge in [0.05, 0.1) is 21.5 Å². The molecule has 0 saturated heterocycles. The van der Waals surface area contributed by atoms with E-state index in [0.29, 0.717) is 0 Å². The number of rotatable bonds is 2. The van der Waals surface area contributed by atoms with Crippen LogP contribution in [0.15, 0.2) is 109 Å². The van der Waals surface area contributed by atoms with Gasteiger partial charge in [-0.3, -0.25) is 9.68 Å². The van der Waals surface area contributed by atoms with Crippen LogP contribution in [0.4, 0.5) is 4.32 Å². The second-order valence-corrected chi connectivity index (χ2v) is 7.76. The Morgan fingerprint density at radius 1 is 0.556 bits per heavy atom. The van der Waals surface area contributed by atoms with Crippen molar-refractivity contribution in [2.24, 2.45) is 0 Å². The van der Waals surface area contributed by atoms with Crippen LogP contribution < -0.4 is 29.2 Å². The fourth-order valence-electron chi connectivity index (χ4n) is 4.19. The predicted octanol–water partition coefficient (Wildman–Crippen LogP) is 2.34. The van der Waals surface area contributed by atoms with Gasteiger partial charge >= 0.3 is 0 Å². The van der Waals surface area contributed by atoms with Crippen LogP contribution in [0, 0.1) is 0 Å². The zero-order valence-corrected chi connectivity index (χ0v) is 19.9. The molecule has 0 aliphatic rings. The van der Waals surface area contributed by atoms with Crippen molar-refractivity contribution in [3.63, 3.8) is 0 Å². The average molecular weight is 482 g/mol. The summed E-state index contributed by atoms with van der Waals surface area (Å²) in [5.74, 6) is 0. The van der Waals surface area contributed by atoms with Crippen molar-refractivity contribution in [1.29, 1.82) is 0 Å². The molecule has 180 valence electrons. The van der Waals surface area contributed by atoms with Crippen molar-refractivity contribution in [3.8, 4) is 0 Å². The molecule has 0 N–H and O–H groups in total. The van der Waals surface area contributed by atoms with Crippen molar-refractivity contribution in [2.45, 2.75) is 0 Å². The van der Waals surface area contributed by atoms with E-state index in [1.54, 1.807) is 23.7 Å². The molecule has 0 saturated carbocycles. The second kappa shape index (κ2) is 11.4. The fraction of sp³-hybridized carbons (Fsp3) is 0.0714. The van der Waals surface area contributed by atoms with Gasteiger partial charge in [-0.05, 0) is 24.3 Å². The normalized spacial score (nSPS) is 10.4. The van der Waals surface area contributed by atoms with E-state index in [1.807, 2.05) is 36.7 Å². The number of pyridine rings is 2. The van der Waals surface area contributed by atoms with Crippen LogP contribution in [-0.2, 0) is 0 Å². The number of para-hydroxylation sites is 2. The molecule has 0 atom stereocenters. The molecule has 0 radical (unpaired) electrons. The van der Waals surface area contributed by atoms with Gasteiger partial charge < -0.3 is 14.4 Å². The Bertz CT molecular complexity index is 1510. The molecule has 0 amide bonds. The highest BCUT2D eigenvalue weighted by Gasteiger charge is 2.13. The number of halogens is 1. The lowest BCUT2D eigenvalue weighted by Crippen LogP contribution is -2.40. The number of aromatic nitrogens is 2. The SMILES string of the molecule is CO[n+]1cc2ccccc2c2ccccc21.CO[n+]1cc2ccccc2c2ccccc21.[O-]B([O-])F. The Kier molecular flexibility index (Phi) is 7.90. The fourth-order valence-corrected chi connectivity index (χ4v) is 4.19. The topological polar surface area (TPSA) is 72.3 Å². The van der Waals surface area contributed by atoms with E-state index in [9.17, 15) is 4.32 Å². The summed E-state index contributed by atoms with van der Waals surface area (Å²) >= 11 is 0. The third-order valence-corrected chi connectivity index (χ3v) is 5.69. The zero-order valence-electron chi connectivity index (χ0n) is 19.9. The van der Waals surface area contributed by atoms with Gasteiger partial charge in [-0.25, -0.2) is 0 Å². The van der Waals surface area contributed by atoms with Gasteiger partial charge in [-0.1, -0.05) is 60.7 Å². The van der Waals surface area contributed by atoms with Crippen molar-refractivity contribution in [1.82, 2.24) is 0 Å². The molecule has 0 spiro atoms.